The van der Waals surface area contributed by atoms with Crippen LogP contribution in [0.5, 0.6) is 0 Å². The largest absolute Gasteiger partial charge is 0.316 e. The van der Waals surface area contributed by atoms with Crippen LogP contribution < -0.4 is 5.32 Å². The van der Waals surface area contributed by atoms with Gasteiger partial charge in [-0.25, -0.2) is 4.21 Å². The highest BCUT2D eigenvalue weighted by Crippen LogP contribution is 1.97. The topological polar surface area (TPSA) is 49.3 Å². The summed E-state index contributed by atoms with van der Waals surface area (Å²) in [5.41, 5.74) is 1.32. The molecule has 1 aromatic rings. The molecule has 0 bridgehead atoms. The molecule has 2 N–H and O–H groups in total. The molecule has 4 heteroatoms. The Morgan fingerprint density at radius 2 is 1.93 bits per heavy atom. The van der Waals surface area contributed by atoms with Crippen molar-refractivity contribution >= 4 is 11.1 Å². The fraction of sp³-hybridized carbons (Fsp3) is 0.455. The summed E-state index contributed by atoms with van der Waals surface area (Å²) >= 11 is -1.65. The predicted molar refractivity (Wildman–Crippen MR) is 63.3 cm³/mol. The van der Waals surface area contributed by atoms with Crippen LogP contribution in [-0.2, 0) is 17.5 Å². The van der Waals surface area contributed by atoms with Crippen LogP contribution in [0, 0.1) is 0 Å². The summed E-state index contributed by atoms with van der Waals surface area (Å²) < 4.78 is 18.9. The Hall–Kier alpha value is -0.710. The van der Waals surface area contributed by atoms with Crippen molar-refractivity contribution < 1.29 is 8.76 Å². The molecule has 1 aromatic carbocycles. The highest BCUT2D eigenvalue weighted by atomic mass is 32.2. The lowest BCUT2D eigenvalue weighted by atomic mass is 10.1. The quantitative estimate of drug-likeness (QED) is 0.547. The molecule has 0 aliphatic rings. The molecule has 0 saturated carbocycles. The summed E-state index contributed by atoms with van der Waals surface area (Å²) in [5, 5.41) is 3.24. The van der Waals surface area contributed by atoms with Crippen LogP contribution in [0.15, 0.2) is 30.3 Å². The minimum Gasteiger partial charge on any atom is -0.316 e. The Labute approximate surface area is 93.2 Å². The third-order valence-corrected chi connectivity index (χ3v) is 2.74. The van der Waals surface area contributed by atoms with Gasteiger partial charge in [0, 0.05) is 0 Å². The van der Waals surface area contributed by atoms with Crippen LogP contribution >= 0.6 is 0 Å². The molecule has 1 unspecified atom stereocenters. The average Bonchev–Trinajstić information content (AvgIpc) is 2.24. The zero-order valence-corrected chi connectivity index (χ0v) is 9.50. The van der Waals surface area contributed by atoms with Crippen molar-refractivity contribution in [3.63, 3.8) is 0 Å². The fourth-order valence-electron chi connectivity index (χ4n) is 1.32. The van der Waals surface area contributed by atoms with Gasteiger partial charge in [-0.15, -0.1) is 0 Å². The summed E-state index contributed by atoms with van der Waals surface area (Å²) in [6, 6.07) is 10.3. The minimum atomic E-state index is -1.65. The van der Waals surface area contributed by atoms with Crippen LogP contribution in [0.2, 0.25) is 0 Å². The first-order chi connectivity index (χ1) is 7.29. The van der Waals surface area contributed by atoms with Crippen molar-refractivity contribution in [1.29, 1.82) is 0 Å². The van der Waals surface area contributed by atoms with E-state index in [9.17, 15) is 4.21 Å². The van der Waals surface area contributed by atoms with Gasteiger partial charge in [-0.3, -0.25) is 0 Å². The molecule has 0 aromatic heterocycles. The number of benzene rings is 1. The maximum absolute atomic E-state index is 10.3. The lowest BCUT2D eigenvalue weighted by molar-refractivity contribution is 0.558. The Morgan fingerprint density at radius 1 is 1.20 bits per heavy atom. The van der Waals surface area contributed by atoms with Crippen molar-refractivity contribution in [3.8, 4) is 0 Å². The van der Waals surface area contributed by atoms with Crippen LogP contribution in [0.25, 0.3) is 0 Å². The van der Waals surface area contributed by atoms with Crippen LogP contribution in [0.3, 0.4) is 0 Å². The summed E-state index contributed by atoms with van der Waals surface area (Å²) in [4.78, 5) is 0. The third kappa shape index (κ3) is 6.38. The van der Waals surface area contributed by atoms with Crippen molar-refractivity contribution in [2.75, 3.05) is 18.8 Å². The molecule has 84 valence electrons. The average molecular weight is 227 g/mol. The van der Waals surface area contributed by atoms with Crippen molar-refractivity contribution in [1.82, 2.24) is 5.32 Å². The second-order valence-electron chi connectivity index (χ2n) is 3.36. The third-order valence-electron chi connectivity index (χ3n) is 2.11. The number of rotatable bonds is 7. The molecule has 0 aliphatic heterocycles. The van der Waals surface area contributed by atoms with Gasteiger partial charge < -0.3 is 9.87 Å². The molecule has 0 spiro atoms. The molecule has 0 fully saturated rings. The summed E-state index contributed by atoms with van der Waals surface area (Å²) in [6.07, 6.45) is 1.75. The molecular weight excluding hydrogens is 210 g/mol. The van der Waals surface area contributed by atoms with Gasteiger partial charge in [0.15, 0.2) is 11.1 Å². The summed E-state index contributed by atoms with van der Waals surface area (Å²) in [7, 11) is 0. The van der Waals surface area contributed by atoms with E-state index < -0.39 is 11.1 Å². The van der Waals surface area contributed by atoms with Gasteiger partial charge in [-0.2, -0.15) is 0 Å². The minimum absolute atomic E-state index is 0.359. The van der Waals surface area contributed by atoms with Crippen LogP contribution in [-0.4, -0.2) is 27.6 Å². The Balaban J connectivity index is 2.00. The second kappa shape index (κ2) is 7.56. The SMILES string of the molecule is O=S(O)CCCNCCc1ccccc1. The van der Waals surface area contributed by atoms with Gasteiger partial charge in [0.25, 0.3) is 0 Å². The van der Waals surface area contributed by atoms with Gasteiger partial charge in [0.05, 0.1) is 5.75 Å². The van der Waals surface area contributed by atoms with Gasteiger partial charge >= 0.3 is 0 Å². The molecular formula is C11H17NO2S. The van der Waals surface area contributed by atoms with E-state index >= 15 is 0 Å². The monoisotopic (exact) mass is 227 g/mol. The summed E-state index contributed by atoms with van der Waals surface area (Å²) in [5.74, 6) is 0.359. The molecule has 0 aliphatic carbocycles. The van der Waals surface area contributed by atoms with E-state index in [0.29, 0.717) is 5.75 Å². The first-order valence-electron chi connectivity index (χ1n) is 5.11. The van der Waals surface area contributed by atoms with Crippen molar-refractivity contribution in [2.24, 2.45) is 0 Å². The predicted octanol–water partition coefficient (Wildman–Crippen LogP) is 1.43. The Kier molecular flexibility index (Phi) is 6.23. The zero-order chi connectivity index (χ0) is 10.9. The molecule has 1 rings (SSSR count). The smallest absolute Gasteiger partial charge is 0.152 e. The Bertz CT molecular complexity index is 290. The Morgan fingerprint density at radius 3 is 2.60 bits per heavy atom. The van der Waals surface area contributed by atoms with E-state index in [1.165, 1.54) is 5.56 Å². The molecule has 0 amide bonds. The number of hydrogen-bond donors (Lipinski definition) is 2. The zero-order valence-electron chi connectivity index (χ0n) is 8.69. The van der Waals surface area contributed by atoms with Gasteiger partial charge in [-0.1, -0.05) is 30.3 Å². The van der Waals surface area contributed by atoms with Crippen LogP contribution in [0.4, 0.5) is 0 Å². The van der Waals surface area contributed by atoms with E-state index in [2.05, 4.69) is 17.4 Å². The first kappa shape index (κ1) is 12.4. The highest BCUT2D eigenvalue weighted by Gasteiger charge is 1.94. The van der Waals surface area contributed by atoms with Gasteiger partial charge in [0.2, 0.25) is 0 Å². The fourth-order valence-corrected chi connectivity index (χ4v) is 1.71. The van der Waals surface area contributed by atoms with Crippen molar-refractivity contribution in [2.45, 2.75) is 12.8 Å². The van der Waals surface area contributed by atoms with E-state index in [1.54, 1.807) is 0 Å². The maximum atomic E-state index is 10.3. The van der Waals surface area contributed by atoms with Gasteiger partial charge in [-0.05, 0) is 31.5 Å². The van der Waals surface area contributed by atoms with Crippen molar-refractivity contribution in [3.05, 3.63) is 35.9 Å². The molecule has 0 heterocycles. The number of hydrogen-bond acceptors (Lipinski definition) is 2. The lowest BCUT2D eigenvalue weighted by Gasteiger charge is -2.03. The standard InChI is InChI=1S/C11H17NO2S/c13-15(14)10-4-8-12-9-7-11-5-2-1-3-6-11/h1-3,5-6,12H,4,7-10H2,(H,13,14). The van der Waals surface area contributed by atoms with Gasteiger partial charge in [0.1, 0.15) is 0 Å². The van der Waals surface area contributed by atoms with E-state index in [-0.39, 0.29) is 0 Å². The lowest BCUT2D eigenvalue weighted by Crippen LogP contribution is -2.19. The van der Waals surface area contributed by atoms with Crippen LogP contribution in [0.1, 0.15) is 12.0 Å². The molecule has 3 nitrogen and oxygen atoms in total. The first-order valence-corrected chi connectivity index (χ1v) is 6.39. The molecule has 1 atom stereocenters. The molecule has 0 saturated heterocycles. The maximum Gasteiger partial charge on any atom is 0.152 e. The molecule has 15 heavy (non-hydrogen) atoms. The summed E-state index contributed by atoms with van der Waals surface area (Å²) in [6.45, 7) is 1.72. The van der Waals surface area contributed by atoms with E-state index in [4.69, 9.17) is 4.55 Å². The van der Waals surface area contributed by atoms with E-state index in [1.807, 2.05) is 18.2 Å². The van der Waals surface area contributed by atoms with E-state index in [0.717, 1.165) is 25.9 Å². The number of nitrogens with one attached hydrogen (secondary N) is 1. The highest BCUT2D eigenvalue weighted by molar-refractivity contribution is 7.79. The normalized spacial score (nSPS) is 12.6. The second-order valence-corrected chi connectivity index (χ2v) is 4.42. The molecule has 0 radical (unpaired) electrons.